The Morgan fingerprint density at radius 1 is 1.21 bits per heavy atom. The first kappa shape index (κ1) is 8.62. The average Bonchev–Trinajstić information content (AvgIpc) is 2.29. The molecule has 14 heavy (non-hydrogen) atoms. The highest BCUT2D eigenvalue weighted by molar-refractivity contribution is 5.31. The van der Waals surface area contributed by atoms with Crippen molar-refractivity contribution >= 4 is 5.82 Å². The summed E-state index contributed by atoms with van der Waals surface area (Å²) in [6.45, 7) is 0.718. The minimum absolute atomic E-state index is 0.705. The van der Waals surface area contributed by atoms with Gasteiger partial charge in [0.25, 0.3) is 0 Å². The Bertz CT molecular complexity index is 334. The largest absolute Gasteiger partial charge is 0.365 e. The van der Waals surface area contributed by atoms with Crippen LogP contribution in [0.25, 0.3) is 0 Å². The maximum absolute atomic E-state index is 4.00. The van der Waals surface area contributed by atoms with Crippen LogP contribution in [-0.4, -0.2) is 15.0 Å². The second-order valence-electron chi connectivity index (χ2n) is 2.72. The number of rotatable bonds is 3. The van der Waals surface area contributed by atoms with Gasteiger partial charge < -0.3 is 5.32 Å². The highest BCUT2D eigenvalue weighted by Crippen LogP contribution is 2.02. The molecule has 0 aliphatic carbocycles. The summed E-state index contributed by atoms with van der Waals surface area (Å²) in [7, 11) is 0. The number of nitrogens with one attached hydrogen (secondary N) is 1. The van der Waals surface area contributed by atoms with E-state index in [1.165, 1.54) is 6.33 Å². The highest BCUT2D eigenvalue weighted by Gasteiger charge is 1.93. The van der Waals surface area contributed by atoms with Crippen molar-refractivity contribution in [1.29, 1.82) is 0 Å². The zero-order valence-corrected chi connectivity index (χ0v) is 7.51. The SMILES string of the molecule is [c]1cncnc1NCc1ccncc1. The summed E-state index contributed by atoms with van der Waals surface area (Å²) in [5.74, 6) is 0.705. The van der Waals surface area contributed by atoms with Gasteiger partial charge in [0.05, 0.1) is 0 Å². The maximum Gasteiger partial charge on any atom is 0.137 e. The topological polar surface area (TPSA) is 50.7 Å². The van der Waals surface area contributed by atoms with Crippen LogP contribution >= 0.6 is 0 Å². The van der Waals surface area contributed by atoms with E-state index in [1.54, 1.807) is 18.6 Å². The Labute approximate surface area is 82.1 Å². The molecular weight excluding hydrogens is 176 g/mol. The van der Waals surface area contributed by atoms with Gasteiger partial charge in [-0.2, -0.15) is 0 Å². The van der Waals surface area contributed by atoms with Gasteiger partial charge in [-0.3, -0.25) is 4.98 Å². The second kappa shape index (κ2) is 4.32. The molecule has 2 heterocycles. The number of hydrogen-bond donors (Lipinski definition) is 1. The summed E-state index contributed by atoms with van der Waals surface area (Å²) in [6, 6.07) is 6.79. The summed E-state index contributed by atoms with van der Waals surface area (Å²) in [6.07, 6.45) is 6.61. The van der Waals surface area contributed by atoms with Crippen molar-refractivity contribution < 1.29 is 0 Å². The van der Waals surface area contributed by atoms with Crippen LogP contribution in [0.2, 0.25) is 0 Å². The van der Waals surface area contributed by atoms with E-state index in [0.29, 0.717) is 5.82 Å². The van der Waals surface area contributed by atoms with Gasteiger partial charge in [0.15, 0.2) is 0 Å². The molecule has 0 fully saturated rings. The summed E-state index contributed by atoms with van der Waals surface area (Å²) >= 11 is 0. The Hall–Kier alpha value is -1.97. The molecule has 2 rings (SSSR count). The number of hydrogen-bond acceptors (Lipinski definition) is 4. The molecule has 0 unspecified atom stereocenters. The summed E-state index contributed by atoms with van der Waals surface area (Å²) in [4.78, 5) is 11.7. The minimum Gasteiger partial charge on any atom is -0.365 e. The maximum atomic E-state index is 4.00. The van der Waals surface area contributed by atoms with Crippen LogP contribution in [0.3, 0.4) is 0 Å². The average molecular weight is 185 g/mol. The molecule has 1 N–H and O–H groups in total. The van der Waals surface area contributed by atoms with Crippen LogP contribution < -0.4 is 5.32 Å². The zero-order chi connectivity index (χ0) is 9.64. The monoisotopic (exact) mass is 185 g/mol. The van der Waals surface area contributed by atoms with E-state index in [0.717, 1.165) is 12.1 Å². The quantitative estimate of drug-likeness (QED) is 0.782. The van der Waals surface area contributed by atoms with Crippen LogP contribution in [0.4, 0.5) is 5.82 Å². The fourth-order valence-corrected chi connectivity index (χ4v) is 1.04. The fraction of sp³-hybridized carbons (Fsp3) is 0.100. The third-order valence-electron chi connectivity index (χ3n) is 1.74. The van der Waals surface area contributed by atoms with Crippen molar-refractivity contribution in [3.8, 4) is 0 Å². The molecule has 0 spiro atoms. The van der Waals surface area contributed by atoms with E-state index in [2.05, 4.69) is 26.3 Å². The molecule has 0 aliphatic heterocycles. The molecule has 4 heteroatoms. The van der Waals surface area contributed by atoms with E-state index in [1.807, 2.05) is 12.1 Å². The lowest BCUT2D eigenvalue weighted by atomic mass is 10.3. The number of pyridine rings is 1. The minimum atomic E-state index is 0.705. The molecule has 1 radical (unpaired) electrons. The van der Waals surface area contributed by atoms with Crippen molar-refractivity contribution in [2.24, 2.45) is 0 Å². The predicted molar refractivity (Wildman–Crippen MR) is 52.4 cm³/mol. The van der Waals surface area contributed by atoms with Crippen molar-refractivity contribution in [1.82, 2.24) is 15.0 Å². The Balaban J connectivity index is 1.96. The van der Waals surface area contributed by atoms with Gasteiger partial charge in [-0.25, -0.2) is 9.97 Å². The van der Waals surface area contributed by atoms with Crippen molar-refractivity contribution in [2.75, 3.05) is 5.32 Å². The second-order valence-corrected chi connectivity index (χ2v) is 2.72. The molecule has 0 aromatic carbocycles. The lowest BCUT2D eigenvalue weighted by molar-refractivity contribution is 1.07. The first-order valence-electron chi connectivity index (χ1n) is 4.25. The summed E-state index contributed by atoms with van der Waals surface area (Å²) in [5.41, 5.74) is 1.16. The van der Waals surface area contributed by atoms with Gasteiger partial charge in [0.2, 0.25) is 0 Å². The number of anilines is 1. The van der Waals surface area contributed by atoms with E-state index >= 15 is 0 Å². The molecule has 0 saturated carbocycles. The van der Waals surface area contributed by atoms with Crippen LogP contribution in [0.15, 0.2) is 37.1 Å². The molecule has 4 nitrogen and oxygen atoms in total. The van der Waals surface area contributed by atoms with Gasteiger partial charge in [-0.15, -0.1) is 0 Å². The van der Waals surface area contributed by atoms with Crippen LogP contribution in [0.1, 0.15) is 5.56 Å². The number of aromatic nitrogens is 3. The van der Waals surface area contributed by atoms with Gasteiger partial charge in [-0.1, -0.05) is 0 Å². The van der Waals surface area contributed by atoms with Crippen molar-refractivity contribution in [3.63, 3.8) is 0 Å². The molecule has 0 atom stereocenters. The number of nitrogens with zero attached hydrogens (tertiary/aromatic N) is 3. The molecule has 2 aromatic heterocycles. The van der Waals surface area contributed by atoms with E-state index < -0.39 is 0 Å². The van der Waals surface area contributed by atoms with Gasteiger partial charge in [-0.05, 0) is 17.7 Å². The molecule has 0 bridgehead atoms. The van der Waals surface area contributed by atoms with Gasteiger partial charge in [0.1, 0.15) is 12.1 Å². The zero-order valence-electron chi connectivity index (χ0n) is 7.51. The van der Waals surface area contributed by atoms with Gasteiger partial charge in [0, 0.05) is 31.2 Å². The molecule has 2 aromatic rings. The molecule has 0 amide bonds. The van der Waals surface area contributed by atoms with E-state index in [9.17, 15) is 0 Å². The van der Waals surface area contributed by atoms with Crippen LogP contribution in [0.5, 0.6) is 0 Å². The standard InChI is InChI=1S/C10H9N4/c1-4-11-5-2-9(1)7-13-10-3-6-12-8-14-10/h1-2,4-6,8H,7H2,(H,12,13,14). The van der Waals surface area contributed by atoms with Crippen LogP contribution in [0, 0.1) is 6.07 Å². The lowest BCUT2D eigenvalue weighted by Gasteiger charge is -2.03. The Morgan fingerprint density at radius 2 is 2.07 bits per heavy atom. The highest BCUT2D eigenvalue weighted by atomic mass is 15.0. The third kappa shape index (κ3) is 2.26. The van der Waals surface area contributed by atoms with Gasteiger partial charge >= 0.3 is 0 Å². The molecule has 0 aliphatic rings. The van der Waals surface area contributed by atoms with E-state index in [-0.39, 0.29) is 0 Å². The molecule has 69 valence electrons. The molecule has 0 saturated heterocycles. The van der Waals surface area contributed by atoms with Crippen molar-refractivity contribution in [3.05, 3.63) is 48.7 Å². The Morgan fingerprint density at radius 3 is 2.79 bits per heavy atom. The normalized spacial score (nSPS) is 9.71. The predicted octanol–water partition coefficient (Wildman–Crippen LogP) is 1.28. The van der Waals surface area contributed by atoms with E-state index in [4.69, 9.17) is 0 Å². The Kier molecular flexibility index (Phi) is 2.66. The summed E-state index contributed by atoms with van der Waals surface area (Å²) < 4.78 is 0. The smallest absolute Gasteiger partial charge is 0.137 e. The van der Waals surface area contributed by atoms with Crippen LogP contribution in [-0.2, 0) is 6.54 Å². The lowest BCUT2D eigenvalue weighted by Crippen LogP contribution is -2.01. The first-order valence-corrected chi connectivity index (χ1v) is 4.25. The molecular formula is C10H9N4. The first-order chi connectivity index (χ1) is 6.95. The fourth-order valence-electron chi connectivity index (χ4n) is 1.04. The third-order valence-corrected chi connectivity index (χ3v) is 1.74. The summed E-state index contributed by atoms with van der Waals surface area (Å²) in [5, 5.41) is 3.13. The van der Waals surface area contributed by atoms with Crippen molar-refractivity contribution in [2.45, 2.75) is 6.54 Å².